The molecule has 0 aliphatic heterocycles. The van der Waals surface area contributed by atoms with Crippen LogP contribution in [0.5, 0.6) is 0 Å². The van der Waals surface area contributed by atoms with Crippen molar-refractivity contribution in [1.82, 2.24) is 4.98 Å². The number of carboxylic acid groups (broad SMARTS) is 1. The zero-order valence-electron chi connectivity index (χ0n) is 7.73. The van der Waals surface area contributed by atoms with Gasteiger partial charge in [0, 0.05) is 0 Å². The summed E-state index contributed by atoms with van der Waals surface area (Å²) in [7, 11) is 0. The van der Waals surface area contributed by atoms with Crippen LogP contribution in [0.1, 0.15) is 28.0 Å². The number of alkyl halides is 5. The predicted octanol–water partition coefficient (Wildman–Crippen LogP) is 3.39. The Labute approximate surface area is 95.8 Å². The largest absolute Gasteiger partial charge is 0.478 e. The van der Waals surface area contributed by atoms with Crippen LogP contribution < -0.4 is 0 Å². The molecule has 3 nitrogen and oxygen atoms in total. The first-order valence-electron chi connectivity index (χ1n) is 3.93. The summed E-state index contributed by atoms with van der Waals surface area (Å²) < 4.78 is 61.7. The Bertz CT molecular complexity index is 460. The fourth-order valence-electron chi connectivity index (χ4n) is 1.08. The maximum Gasteiger partial charge on any atom is 0.420 e. The molecule has 17 heavy (non-hydrogen) atoms. The predicted molar refractivity (Wildman–Crippen MR) is 46.2 cm³/mol. The summed E-state index contributed by atoms with van der Waals surface area (Å²) in [6.07, 6.45) is -8.30. The Hall–Kier alpha value is -1.44. The zero-order valence-corrected chi connectivity index (χ0v) is 8.48. The second kappa shape index (κ2) is 4.44. The van der Waals surface area contributed by atoms with Crippen LogP contribution in [0.4, 0.5) is 22.0 Å². The van der Waals surface area contributed by atoms with Gasteiger partial charge < -0.3 is 5.11 Å². The van der Waals surface area contributed by atoms with Gasteiger partial charge in [0.15, 0.2) is 0 Å². The van der Waals surface area contributed by atoms with Crippen molar-refractivity contribution in [2.75, 3.05) is 0 Å². The van der Waals surface area contributed by atoms with Crippen LogP contribution in [0, 0.1) is 0 Å². The fraction of sp³-hybridized carbons (Fsp3) is 0.250. The zero-order chi connectivity index (χ0) is 13.4. The van der Waals surface area contributed by atoms with Gasteiger partial charge in [-0.15, -0.1) is 0 Å². The summed E-state index contributed by atoms with van der Waals surface area (Å²) in [6, 6.07) is 0.154. The van der Waals surface area contributed by atoms with Crippen LogP contribution in [0.25, 0.3) is 0 Å². The molecular weight excluding hydrogens is 273 g/mol. The standard InChI is InChI=1S/C8H3ClF5NO2/c9-5-4(8(12,13)14)2(7(16)17)1-3(15-5)6(10)11/h1,6H,(H,16,17). The maximum atomic E-state index is 12.4. The minimum absolute atomic E-state index is 0.154. The average molecular weight is 276 g/mol. The molecule has 0 aromatic carbocycles. The molecule has 0 aliphatic rings. The van der Waals surface area contributed by atoms with Gasteiger partial charge >= 0.3 is 12.1 Å². The molecule has 1 aromatic rings. The van der Waals surface area contributed by atoms with E-state index in [2.05, 4.69) is 4.98 Å². The third kappa shape index (κ3) is 2.82. The minimum Gasteiger partial charge on any atom is -0.478 e. The Kier molecular flexibility index (Phi) is 3.56. The SMILES string of the molecule is O=C(O)c1cc(C(F)F)nc(Cl)c1C(F)(F)F. The molecule has 1 aromatic heterocycles. The number of pyridine rings is 1. The van der Waals surface area contributed by atoms with Gasteiger partial charge in [0.05, 0.1) is 5.56 Å². The van der Waals surface area contributed by atoms with Gasteiger partial charge in [-0.05, 0) is 6.07 Å². The number of carbonyl (C=O) groups is 1. The van der Waals surface area contributed by atoms with E-state index in [4.69, 9.17) is 16.7 Å². The van der Waals surface area contributed by atoms with E-state index in [1.807, 2.05) is 0 Å². The molecule has 1 N–H and O–H groups in total. The smallest absolute Gasteiger partial charge is 0.420 e. The first-order chi connectivity index (χ1) is 7.64. The number of hydrogen-bond donors (Lipinski definition) is 1. The third-order valence-corrected chi connectivity index (χ3v) is 2.01. The molecule has 0 aliphatic carbocycles. The number of aromatic carboxylic acids is 1. The molecule has 0 radical (unpaired) electrons. The summed E-state index contributed by atoms with van der Waals surface area (Å²) in [4.78, 5) is 13.4. The highest BCUT2D eigenvalue weighted by atomic mass is 35.5. The summed E-state index contributed by atoms with van der Waals surface area (Å²) in [5, 5.41) is 7.22. The molecule has 0 bridgehead atoms. The summed E-state index contributed by atoms with van der Waals surface area (Å²) >= 11 is 5.08. The molecule has 1 heterocycles. The molecule has 0 saturated carbocycles. The average Bonchev–Trinajstić information content (AvgIpc) is 2.13. The van der Waals surface area contributed by atoms with Crippen molar-refractivity contribution >= 4 is 17.6 Å². The lowest BCUT2D eigenvalue weighted by molar-refractivity contribution is -0.138. The van der Waals surface area contributed by atoms with E-state index in [-0.39, 0.29) is 6.07 Å². The normalized spacial score (nSPS) is 11.9. The van der Waals surface area contributed by atoms with Gasteiger partial charge in [-0.1, -0.05) is 11.6 Å². The van der Waals surface area contributed by atoms with Crippen LogP contribution in [0.2, 0.25) is 5.15 Å². The number of nitrogens with zero attached hydrogens (tertiary/aromatic N) is 1. The highest BCUT2D eigenvalue weighted by Crippen LogP contribution is 2.37. The highest BCUT2D eigenvalue weighted by molar-refractivity contribution is 6.30. The summed E-state index contributed by atoms with van der Waals surface area (Å²) in [5.41, 5.74) is -4.22. The van der Waals surface area contributed by atoms with Crippen molar-refractivity contribution < 1.29 is 31.9 Å². The maximum absolute atomic E-state index is 12.4. The summed E-state index contributed by atoms with van der Waals surface area (Å²) in [6.45, 7) is 0. The molecule has 0 spiro atoms. The lowest BCUT2D eigenvalue weighted by atomic mass is 10.1. The topological polar surface area (TPSA) is 50.2 Å². The molecule has 0 saturated heterocycles. The van der Waals surface area contributed by atoms with E-state index >= 15 is 0 Å². The first-order valence-corrected chi connectivity index (χ1v) is 4.31. The van der Waals surface area contributed by atoms with Crippen LogP contribution in [-0.4, -0.2) is 16.1 Å². The lowest BCUT2D eigenvalue weighted by Crippen LogP contribution is -2.16. The quantitative estimate of drug-likeness (QED) is 0.665. The molecule has 0 atom stereocenters. The minimum atomic E-state index is -5.08. The van der Waals surface area contributed by atoms with Crippen molar-refractivity contribution in [2.45, 2.75) is 12.6 Å². The molecule has 1 rings (SSSR count). The lowest BCUT2D eigenvalue weighted by Gasteiger charge is -2.12. The van der Waals surface area contributed by atoms with Crippen molar-refractivity contribution in [3.05, 3.63) is 28.0 Å². The van der Waals surface area contributed by atoms with Crippen LogP contribution >= 0.6 is 11.6 Å². The molecule has 0 amide bonds. The molecule has 0 unspecified atom stereocenters. The third-order valence-electron chi connectivity index (χ3n) is 1.73. The summed E-state index contributed by atoms with van der Waals surface area (Å²) in [5.74, 6) is -2.01. The van der Waals surface area contributed by atoms with Crippen LogP contribution in [0.3, 0.4) is 0 Å². The Morgan fingerprint density at radius 3 is 2.29 bits per heavy atom. The molecular formula is C8H3ClF5NO2. The van der Waals surface area contributed by atoms with Crippen LogP contribution in [-0.2, 0) is 6.18 Å². The van der Waals surface area contributed by atoms with E-state index < -0.39 is 40.5 Å². The number of rotatable bonds is 2. The van der Waals surface area contributed by atoms with E-state index in [1.165, 1.54) is 0 Å². The molecule has 9 heteroatoms. The first kappa shape index (κ1) is 13.6. The number of hydrogen-bond acceptors (Lipinski definition) is 2. The van der Waals surface area contributed by atoms with Gasteiger partial charge in [0.1, 0.15) is 16.4 Å². The van der Waals surface area contributed by atoms with Gasteiger partial charge in [0.25, 0.3) is 6.43 Å². The second-order valence-corrected chi connectivity index (χ2v) is 3.22. The van der Waals surface area contributed by atoms with E-state index in [9.17, 15) is 26.7 Å². The van der Waals surface area contributed by atoms with Crippen molar-refractivity contribution in [1.29, 1.82) is 0 Å². The van der Waals surface area contributed by atoms with Crippen molar-refractivity contribution in [3.8, 4) is 0 Å². The van der Waals surface area contributed by atoms with Gasteiger partial charge in [-0.25, -0.2) is 18.6 Å². The second-order valence-electron chi connectivity index (χ2n) is 2.86. The fourth-order valence-corrected chi connectivity index (χ4v) is 1.39. The highest BCUT2D eigenvalue weighted by Gasteiger charge is 2.39. The van der Waals surface area contributed by atoms with Crippen molar-refractivity contribution in [2.24, 2.45) is 0 Å². The Balaban J connectivity index is 3.56. The van der Waals surface area contributed by atoms with Gasteiger partial charge in [0.2, 0.25) is 0 Å². The van der Waals surface area contributed by atoms with Gasteiger partial charge in [-0.3, -0.25) is 0 Å². The Morgan fingerprint density at radius 2 is 1.94 bits per heavy atom. The van der Waals surface area contributed by atoms with Crippen molar-refractivity contribution in [3.63, 3.8) is 0 Å². The van der Waals surface area contributed by atoms with Gasteiger partial charge in [-0.2, -0.15) is 13.2 Å². The number of carboxylic acids is 1. The van der Waals surface area contributed by atoms with E-state index in [1.54, 1.807) is 0 Å². The number of aromatic nitrogens is 1. The Morgan fingerprint density at radius 1 is 1.41 bits per heavy atom. The molecule has 0 fully saturated rings. The molecule has 94 valence electrons. The monoisotopic (exact) mass is 275 g/mol. The van der Waals surface area contributed by atoms with Crippen LogP contribution in [0.15, 0.2) is 6.07 Å². The van der Waals surface area contributed by atoms with E-state index in [0.29, 0.717) is 0 Å². The number of halogens is 6. The van der Waals surface area contributed by atoms with E-state index in [0.717, 1.165) is 0 Å².